The molecule has 0 aromatic heterocycles. The maximum Gasteiger partial charge on any atom is 0.220 e. The molecule has 0 heterocycles. The molecule has 0 saturated heterocycles. The fourth-order valence-electron chi connectivity index (χ4n) is 1.82. The number of nitrogens with one attached hydrogen (secondary N) is 1. The van der Waals surface area contributed by atoms with Gasteiger partial charge in [-0.05, 0) is 38.1 Å². The Morgan fingerprint density at radius 2 is 2.00 bits per heavy atom. The third-order valence-corrected chi connectivity index (χ3v) is 2.98. The van der Waals surface area contributed by atoms with Gasteiger partial charge >= 0.3 is 0 Å². The maximum absolute atomic E-state index is 11.6. The van der Waals surface area contributed by atoms with E-state index in [1.165, 1.54) is 0 Å². The summed E-state index contributed by atoms with van der Waals surface area (Å²) >= 11 is 0. The van der Waals surface area contributed by atoms with E-state index in [-0.39, 0.29) is 11.3 Å². The molecular weight excluding hydrogens is 200 g/mol. The van der Waals surface area contributed by atoms with Crippen LogP contribution in [0.2, 0.25) is 0 Å². The number of hydrogen-bond donors (Lipinski definition) is 2. The van der Waals surface area contributed by atoms with E-state index in [0.717, 1.165) is 25.7 Å². The summed E-state index contributed by atoms with van der Waals surface area (Å²) in [7, 11) is 0. The average Bonchev–Trinajstić information content (AvgIpc) is 2.15. The van der Waals surface area contributed by atoms with Gasteiger partial charge in [-0.3, -0.25) is 4.79 Å². The van der Waals surface area contributed by atoms with Gasteiger partial charge in [0.1, 0.15) is 0 Å². The van der Waals surface area contributed by atoms with Crippen LogP contribution in [0.15, 0.2) is 0 Å². The van der Waals surface area contributed by atoms with Crippen molar-refractivity contribution in [1.29, 1.82) is 0 Å². The molecule has 0 radical (unpaired) electrons. The zero-order valence-corrected chi connectivity index (χ0v) is 11.3. The van der Waals surface area contributed by atoms with Crippen LogP contribution >= 0.6 is 0 Å². The summed E-state index contributed by atoms with van der Waals surface area (Å²) < 4.78 is 0. The molecule has 0 rings (SSSR count). The largest absolute Gasteiger partial charge is 0.354 e. The monoisotopic (exact) mass is 228 g/mol. The highest BCUT2D eigenvalue weighted by atomic mass is 16.1. The zero-order chi connectivity index (χ0) is 12.6. The highest BCUT2D eigenvalue weighted by Crippen LogP contribution is 2.25. The second kappa shape index (κ2) is 7.66. The quantitative estimate of drug-likeness (QED) is 0.670. The highest BCUT2D eigenvalue weighted by Gasteiger charge is 2.18. The number of rotatable bonds is 8. The van der Waals surface area contributed by atoms with Crippen LogP contribution in [0.25, 0.3) is 0 Å². The molecule has 0 aromatic rings. The lowest BCUT2D eigenvalue weighted by molar-refractivity contribution is -0.122. The van der Waals surface area contributed by atoms with Crippen molar-refractivity contribution in [1.82, 2.24) is 5.32 Å². The van der Waals surface area contributed by atoms with Crippen molar-refractivity contribution < 1.29 is 4.79 Å². The molecule has 0 aliphatic carbocycles. The standard InChI is InChI=1S/C13H28N2O/c1-5-6-11(2)15-12(16)7-8-13(3,4)9-10-14/h11H,5-10,14H2,1-4H3,(H,15,16). The molecule has 0 aromatic carbocycles. The smallest absolute Gasteiger partial charge is 0.220 e. The minimum atomic E-state index is 0.172. The Kier molecular flexibility index (Phi) is 7.39. The van der Waals surface area contributed by atoms with Crippen LogP contribution in [0.4, 0.5) is 0 Å². The Morgan fingerprint density at radius 1 is 1.38 bits per heavy atom. The van der Waals surface area contributed by atoms with Gasteiger partial charge in [-0.15, -0.1) is 0 Å². The van der Waals surface area contributed by atoms with E-state index in [0.29, 0.717) is 19.0 Å². The molecule has 0 spiro atoms. The predicted molar refractivity (Wildman–Crippen MR) is 69.2 cm³/mol. The van der Waals surface area contributed by atoms with E-state index in [2.05, 4.69) is 33.0 Å². The molecule has 1 amide bonds. The summed E-state index contributed by atoms with van der Waals surface area (Å²) in [4.78, 5) is 11.6. The first-order valence-corrected chi connectivity index (χ1v) is 6.40. The summed E-state index contributed by atoms with van der Waals surface area (Å²) in [5, 5.41) is 3.03. The molecule has 3 heteroatoms. The van der Waals surface area contributed by atoms with Crippen molar-refractivity contribution >= 4 is 5.91 Å². The Labute approximate surface area is 100 Å². The lowest BCUT2D eigenvalue weighted by Gasteiger charge is -2.23. The summed E-state index contributed by atoms with van der Waals surface area (Å²) in [6.45, 7) is 9.23. The van der Waals surface area contributed by atoms with Crippen LogP contribution in [0, 0.1) is 5.41 Å². The Morgan fingerprint density at radius 3 is 2.50 bits per heavy atom. The number of nitrogens with two attached hydrogens (primary N) is 1. The van der Waals surface area contributed by atoms with Gasteiger partial charge in [-0.25, -0.2) is 0 Å². The normalized spacial score (nSPS) is 13.6. The molecule has 0 fully saturated rings. The number of amides is 1. The average molecular weight is 228 g/mol. The number of hydrogen-bond acceptors (Lipinski definition) is 2. The van der Waals surface area contributed by atoms with Crippen LogP contribution in [-0.2, 0) is 4.79 Å². The molecule has 96 valence electrons. The van der Waals surface area contributed by atoms with Crippen molar-refractivity contribution in [2.45, 2.75) is 65.8 Å². The topological polar surface area (TPSA) is 55.1 Å². The van der Waals surface area contributed by atoms with Crippen molar-refractivity contribution in [3.63, 3.8) is 0 Å². The van der Waals surface area contributed by atoms with Gasteiger partial charge in [0.25, 0.3) is 0 Å². The second-order valence-corrected chi connectivity index (χ2v) is 5.46. The van der Waals surface area contributed by atoms with E-state index >= 15 is 0 Å². The molecule has 1 atom stereocenters. The van der Waals surface area contributed by atoms with Gasteiger partial charge in [0.05, 0.1) is 0 Å². The van der Waals surface area contributed by atoms with Gasteiger partial charge in [-0.2, -0.15) is 0 Å². The predicted octanol–water partition coefficient (Wildman–Crippen LogP) is 2.45. The third kappa shape index (κ3) is 7.69. The van der Waals surface area contributed by atoms with Crippen LogP contribution in [0.5, 0.6) is 0 Å². The zero-order valence-electron chi connectivity index (χ0n) is 11.3. The van der Waals surface area contributed by atoms with Crippen LogP contribution < -0.4 is 11.1 Å². The molecule has 3 N–H and O–H groups in total. The third-order valence-electron chi connectivity index (χ3n) is 2.98. The van der Waals surface area contributed by atoms with E-state index in [9.17, 15) is 4.79 Å². The summed E-state index contributed by atoms with van der Waals surface area (Å²) in [5.74, 6) is 0.172. The summed E-state index contributed by atoms with van der Waals surface area (Å²) in [6, 6.07) is 0.301. The Hall–Kier alpha value is -0.570. The minimum absolute atomic E-state index is 0.172. The van der Waals surface area contributed by atoms with Gasteiger partial charge in [0.15, 0.2) is 0 Å². The first-order valence-electron chi connectivity index (χ1n) is 6.40. The first kappa shape index (κ1) is 15.4. The fraction of sp³-hybridized carbons (Fsp3) is 0.923. The van der Waals surface area contributed by atoms with Crippen LogP contribution in [0.3, 0.4) is 0 Å². The molecule has 0 bridgehead atoms. The maximum atomic E-state index is 11.6. The lowest BCUT2D eigenvalue weighted by atomic mass is 9.84. The number of carbonyl (C=O) groups is 1. The summed E-state index contributed by atoms with van der Waals surface area (Å²) in [5.41, 5.74) is 5.72. The van der Waals surface area contributed by atoms with E-state index < -0.39 is 0 Å². The van der Waals surface area contributed by atoms with Crippen molar-refractivity contribution in [3.05, 3.63) is 0 Å². The SMILES string of the molecule is CCCC(C)NC(=O)CCC(C)(C)CCN. The van der Waals surface area contributed by atoms with Crippen molar-refractivity contribution in [2.24, 2.45) is 11.1 Å². The van der Waals surface area contributed by atoms with Crippen LogP contribution in [0.1, 0.15) is 59.8 Å². The van der Waals surface area contributed by atoms with E-state index in [4.69, 9.17) is 5.73 Å². The number of carbonyl (C=O) groups excluding carboxylic acids is 1. The molecule has 0 aliphatic heterocycles. The lowest BCUT2D eigenvalue weighted by Crippen LogP contribution is -2.33. The molecule has 16 heavy (non-hydrogen) atoms. The van der Waals surface area contributed by atoms with Crippen molar-refractivity contribution in [2.75, 3.05) is 6.54 Å². The molecule has 1 unspecified atom stereocenters. The fourth-order valence-corrected chi connectivity index (χ4v) is 1.82. The van der Waals surface area contributed by atoms with Gasteiger partial charge in [0.2, 0.25) is 5.91 Å². The van der Waals surface area contributed by atoms with Crippen LogP contribution in [-0.4, -0.2) is 18.5 Å². The molecular formula is C13H28N2O. The van der Waals surface area contributed by atoms with Gasteiger partial charge in [-0.1, -0.05) is 27.2 Å². The minimum Gasteiger partial charge on any atom is -0.354 e. The molecule has 0 aliphatic rings. The van der Waals surface area contributed by atoms with Gasteiger partial charge in [0, 0.05) is 12.5 Å². The van der Waals surface area contributed by atoms with Crippen molar-refractivity contribution in [3.8, 4) is 0 Å². The molecule has 0 saturated carbocycles. The van der Waals surface area contributed by atoms with Gasteiger partial charge < -0.3 is 11.1 Å². The highest BCUT2D eigenvalue weighted by molar-refractivity contribution is 5.76. The Balaban J connectivity index is 3.80. The second-order valence-electron chi connectivity index (χ2n) is 5.46. The molecule has 3 nitrogen and oxygen atoms in total. The van der Waals surface area contributed by atoms with E-state index in [1.54, 1.807) is 0 Å². The summed E-state index contributed by atoms with van der Waals surface area (Å²) in [6.07, 6.45) is 4.67. The van der Waals surface area contributed by atoms with E-state index in [1.807, 2.05) is 0 Å². The Bertz CT molecular complexity index is 202. The first-order chi connectivity index (χ1) is 7.41.